The molecule has 5 aromatic rings. The Morgan fingerprint density at radius 3 is 2.50 bits per heavy atom. The summed E-state index contributed by atoms with van der Waals surface area (Å²) in [4.78, 5) is 30.7. The number of aromatic nitrogens is 6. The molecule has 0 atom stereocenters. The Balaban J connectivity index is 1.46. The molecule has 3 aromatic carbocycles. The van der Waals surface area contributed by atoms with Crippen molar-refractivity contribution < 1.29 is 9.59 Å². The maximum atomic E-state index is 12.9. The Bertz CT molecular complexity index is 1650. The predicted molar refractivity (Wildman–Crippen MR) is 154 cm³/mol. The lowest BCUT2D eigenvalue weighted by Crippen LogP contribution is -2.30. The molecule has 0 aliphatic carbocycles. The molecule has 0 saturated heterocycles. The Hall–Kier alpha value is -4.86. The first-order valence-electron chi connectivity index (χ1n) is 13.4. The number of amides is 2. The van der Waals surface area contributed by atoms with Gasteiger partial charge in [0.15, 0.2) is 0 Å². The number of rotatable bonds is 9. The minimum Gasteiger partial charge on any atom is -0.350 e. The second-order valence-corrected chi connectivity index (χ2v) is 10.1. The zero-order chi connectivity index (χ0) is 28.2. The second-order valence-electron chi connectivity index (χ2n) is 10.1. The van der Waals surface area contributed by atoms with Crippen LogP contribution in [0, 0.1) is 6.92 Å². The highest BCUT2D eigenvalue weighted by molar-refractivity contribution is 6.08. The van der Waals surface area contributed by atoms with Gasteiger partial charge in [-0.05, 0) is 72.9 Å². The highest BCUT2D eigenvalue weighted by Crippen LogP contribution is 2.27. The third-order valence-corrected chi connectivity index (χ3v) is 6.63. The van der Waals surface area contributed by atoms with Crippen LogP contribution in [0.1, 0.15) is 64.9 Å². The summed E-state index contributed by atoms with van der Waals surface area (Å²) < 4.78 is 2.21. The van der Waals surface area contributed by atoms with Gasteiger partial charge in [-0.15, -0.1) is 5.10 Å². The Morgan fingerprint density at radius 1 is 1.02 bits per heavy atom. The number of nitrogens with zero attached hydrogens (tertiary/aromatic N) is 5. The molecule has 5 rings (SSSR count). The number of hydrogen-bond acceptors (Lipinski definition) is 6. The van der Waals surface area contributed by atoms with Gasteiger partial charge in [-0.25, -0.2) is 4.98 Å². The number of H-pyrrole nitrogens is 1. The molecule has 3 N–H and O–H groups in total. The number of aromatic amines is 1. The topological polar surface area (TPSA) is 130 Å². The molecule has 0 saturated carbocycles. The number of benzene rings is 3. The summed E-state index contributed by atoms with van der Waals surface area (Å²) in [5.74, 6) is 0.708. The van der Waals surface area contributed by atoms with E-state index in [4.69, 9.17) is 4.98 Å². The standard InChI is InChI=1S/C30H32N8O2/c1-5-8-26-32-27-19(4)15-22(28(39)31-18(2)3)16-25(27)38(26)17-20-11-13-21(14-12-20)23-9-6-7-10-24(23)29(40)33-30-34-36-37-35-30/h6-7,9-16,18H,5,8,17H2,1-4H3,(H,31,39)(H2,33,34,35,36,37,40). The van der Waals surface area contributed by atoms with Crippen LogP contribution in [0.2, 0.25) is 0 Å². The van der Waals surface area contributed by atoms with E-state index < -0.39 is 0 Å². The largest absolute Gasteiger partial charge is 0.350 e. The van der Waals surface area contributed by atoms with Gasteiger partial charge in [0.25, 0.3) is 17.8 Å². The summed E-state index contributed by atoms with van der Waals surface area (Å²) in [6, 6.07) is 19.5. The maximum absolute atomic E-state index is 12.9. The Labute approximate surface area is 232 Å². The highest BCUT2D eigenvalue weighted by atomic mass is 16.2. The lowest BCUT2D eigenvalue weighted by Gasteiger charge is -2.13. The molecule has 0 aliphatic rings. The van der Waals surface area contributed by atoms with Crippen LogP contribution in [-0.4, -0.2) is 48.0 Å². The van der Waals surface area contributed by atoms with Crippen molar-refractivity contribution in [1.29, 1.82) is 0 Å². The fraction of sp³-hybridized carbons (Fsp3) is 0.267. The van der Waals surface area contributed by atoms with E-state index in [2.05, 4.69) is 54.9 Å². The smallest absolute Gasteiger partial charge is 0.270 e. The van der Waals surface area contributed by atoms with E-state index in [1.165, 1.54) is 0 Å². The van der Waals surface area contributed by atoms with E-state index in [1.807, 2.05) is 63.2 Å². The molecule has 10 heteroatoms. The van der Waals surface area contributed by atoms with Crippen LogP contribution in [0.4, 0.5) is 5.95 Å². The lowest BCUT2D eigenvalue weighted by atomic mass is 9.98. The first-order valence-corrected chi connectivity index (χ1v) is 13.4. The van der Waals surface area contributed by atoms with Gasteiger partial charge in [-0.3, -0.25) is 14.9 Å². The third kappa shape index (κ3) is 5.61. The SMILES string of the molecule is CCCc1nc2c(C)cc(C(=O)NC(C)C)cc2n1Cc1ccc(-c2ccccc2C(=O)Nc2nn[nH]n2)cc1. The van der Waals surface area contributed by atoms with E-state index in [-0.39, 0.29) is 23.8 Å². The molecule has 2 amide bonds. The summed E-state index contributed by atoms with van der Waals surface area (Å²) in [6.45, 7) is 8.66. The Kier molecular flexibility index (Phi) is 7.68. The van der Waals surface area contributed by atoms with Crippen molar-refractivity contribution in [3.8, 4) is 11.1 Å². The first kappa shape index (κ1) is 26.7. The van der Waals surface area contributed by atoms with Crippen molar-refractivity contribution in [2.24, 2.45) is 0 Å². The number of hydrogen-bond donors (Lipinski definition) is 3. The van der Waals surface area contributed by atoms with E-state index in [0.29, 0.717) is 17.7 Å². The monoisotopic (exact) mass is 536 g/mol. The zero-order valence-corrected chi connectivity index (χ0v) is 23.0. The first-order chi connectivity index (χ1) is 19.3. The fourth-order valence-electron chi connectivity index (χ4n) is 4.80. The van der Waals surface area contributed by atoms with Crippen LogP contribution >= 0.6 is 0 Å². The molecule has 0 radical (unpaired) electrons. The van der Waals surface area contributed by atoms with Crippen LogP contribution < -0.4 is 10.6 Å². The van der Waals surface area contributed by atoms with Crippen molar-refractivity contribution in [1.82, 2.24) is 35.5 Å². The lowest BCUT2D eigenvalue weighted by molar-refractivity contribution is 0.0942. The molecule has 2 aromatic heterocycles. The average Bonchev–Trinajstić information content (AvgIpc) is 3.57. The highest BCUT2D eigenvalue weighted by Gasteiger charge is 2.18. The second kappa shape index (κ2) is 11.5. The molecular weight excluding hydrogens is 504 g/mol. The summed E-state index contributed by atoms with van der Waals surface area (Å²) in [7, 11) is 0. The van der Waals surface area contributed by atoms with Crippen molar-refractivity contribution in [2.75, 3.05) is 5.32 Å². The Morgan fingerprint density at radius 2 is 1.80 bits per heavy atom. The summed E-state index contributed by atoms with van der Waals surface area (Å²) >= 11 is 0. The molecule has 40 heavy (non-hydrogen) atoms. The zero-order valence-electron chi connectivity index (χ0n) is 23.0. The number of anilines is 1. The van der Waals surface area contributed by atoms with Crippen LogP contribution in [0.3, 0.4) is 0 Å². The van der Waals surface area contributed by atoms with Gasteiger partial charge in [-0.2, -0.15) is 5.21 Å². The van der Waals surface area contributed by atoms with Crippen LogP contribution in [-0.2, 0) is 13.0 Å². The van der Waals surface area contributed by atoms with E-state index in [9.17, 15) is 9.59 Å². The van der Waals surface area contributed by atoms with Crippen molar-refractivity contribution >= 4 is 28.8 Å². The van der Waals surface area contributed by atoms with Crippen LogP contribution in [0.25, 0.3) is 22.2 Å². The number of fused-ring (bicyclic) bond motifs is 1. The third-order valence-electron chi connectivity index (χ3n) is 6.63. The van der Waals surface area contributed by atoms with Crippen LogP contribution in [0.15, 0.2) is 60.7 Å². The normalized spacial score (nSPS) is 11.2. The molecule has 0 aliphatic heterocycles. The molecule has 0 fully saturated rings. The molecule has 204 valence electrons. The minimum absolute atomic E-state index is 0.0535. The van der Waals surface area contributed by atoms with E-state index >= 15 is 0 Å². The van der Waals surface area contributed by atoms with Gasteiger partial charge in [0.1, 0.15) is 5.82 Å². The molecule has 0 unspecified atom stereocenters. The van der Waals surface area contributed by atoms with Crippen molar-refractivity contribution in [3.05, 3.63) is 88.7 Å². The van der Waals surface area contributed by atoms with E-state index in [0.717, 1.165) is 52.0 Å². The quantitative estimate of drug-likeness (QED) is 0.245. The van der Waals surface area contributed by atoms with Gasteiger partial charge < -0.3 is 9.88 Å². The molecule has 2 heterocycles. The predicted octanol–water partition coefficient (Wildman–Crippen LogP) is 4.92. The number of carbonyl (C=O) groups excluding carboxylic acids is 2. The maximum Gasteiger partial charge on any atom is 0.270 e. The molecule has 0 bridgehead atoms. The fourth-order valence-corrected chi connectivity index (χ4v) is 4.80. The summed E-state index contributed by atoms with van der Waals surface area (Å²) in [5.41, 5.74) is 6.79. The van der Waals surface area contributed by atoms with Gasteiger partial charge in [0.05, 0.1) is 11.0 Å². The van der Waals surface area contributed by atoms with Gasteiger partial charge in [0, 0.05) is 30.1 Å². The average molecular weight is 537 g/mol. The molecular formula is C30H32N8O2. The van der Waals surface area contributed by atoms with Crippen LogP contribution in [0.5, 0.6) is 0 Å². The summed E-state index contributed by atoms with van der Waals surface area (Å²) in [6.07, 6.45) is 1.80. The summed E-state index contributed by atoms with van der Waals surface area (Å²) in [5, 5.41) is 19.0. The molecule has 10 nitrogen and oxygen atoms in total. The number of imidazole rings is 1. The van der Waals surface area contributed by atoms with Gasteiger partial charge in [-0.1, -0.05) is 54.5 Å². The van der Waals surface area contributed by atoms with Gasteiger partial charge in [0.2, 0.25) is 0 Å². The van der Waals surface area contributed by atoms with Crippen molar-refractivity contribution in [3.63, 3.8) is 0 Å². The van der Waals surface area contributed by atoms with Gasteiger partial charge >= 0.3 is 0 Å². The minimum atomic E-state index is -0.317. The molecule has 0 spiro atoms. The number of aryl methyl sites for hydroxylation is 2. The van der Waals surface area contributed by atoms with E-state index in [1.54, 1.807) is 6.07 Å². The number of carbonyl (C=O) groups is 2. The van der Waals surface area contributed by atoms with Crippen molar-refractivity contribution in [2.45, 2.75) is 53.1 Å². The number of tetrazole rings is 1. The number of nitrogens with one attached hydrogen (secondary N) is 3.